The van der Waals surface area contributed by atoms with Crippen LogP contribution in [-0.2, 0) is 11.2 Å². The molecular weight excluding hydrogens is 359 g/mol. The zero-order valence-corrected chi connectivity index (χ0v) is 16.3. The van der Waals surface area contributed by atoms with Crippen molar-refractivity contribution < 1.29 is 4.79 Å². The average Bonchev–Trinajstić information content (AvgIpc) is 3.07. The quantitative estimate of drug-likeness (QED) is 0.450. The van der Waals surface area contributed by atoms with Crippen LogP contribution in [0.1, 0.15) is 31.7 Å². The molecule has 1 unspecified atom stereocenters. The Balaban J connectivity index is 1.71. The van der Waals surface area contributed by atoms with Gasteiger partial charge in [0.1, 0.15) is 0 Å². The van der Waals surface area contributed by atoms with Crippen molar-refractivity contribution in [2.24, 2.45) is 4.99 Å². The number of aliphatic imine (C=N–C) groups is 1. The molecular formula is C18H26Cl2N4O. The van der Waals surface area contributed by atoms with E-state index in [9.17, 15) is 4.79 Å². The fourth-order valence-electron chi connectivity index (χ4n) is 2.93. The molecule has 2 N–H and O–H groups in total. The number of nitrogens with zero attached hydrogens (tertiary/aromatic N) is 2. The molecule has 1 amide bonds. The zero-order valence-electron chi connectivity index (χ0n) is 14.8. The molecule has 1 aliphatic heterocycles. The number of hydrogen-bond donors (Lipinski definition) is 2. The topological polar surface area (TPSA) is 56.7 Å². The van der Waals surface area contributed by atoms with Crippen LogP contribution in [0.15, 0.2) is 23.2 Å². The maximum atomic E-state index is 11.7. The van der Waals surface area contributed by atoms with Gasteiger partial charge in [0, 0.05) is 49.2 Å². The van der Waals surface area contributed by atoms with E-state index in [0.29, 0.717) is 16.5 Å². The van der Waals surface area contributed by atoms with Crippen molar-refractivity contribution in [3.05, 3.63) is 33.8 Å². The van der Waals surface area contributed by atoms with Crippen LogP contribution in [0.4, 0.5) is 0 Å². The van der Waals surface area contributed by atoms with Crippen molar-refractivity contribution in [3.8, 4) is 0 Å². The van der Waals surface area contributed by atoms with Gasteiger partial charge in [-0.15, -0.1) is 0 Å². The molecule has 0 aromatic heterocycles. The summed E-state index contributed by atoms with van der Waals surface area (Å²) in [6.07, 6.45) is 3.33. The third-order valence-electron chi connectivity index (χ3n) is 4.34. The first kappa shape index (κ1) is 19.9. The number of nitrogens with one attached hydrogen (secondary N) is 2. The van der Waals surface area contributed by atoms with Crippen LogP contribution >= 0.6 is 23.2 Å². The van der Waals surface area contributed by atoms with Gasteiger partial charge < -0.3 is 15.5 Å². The Hall–Kier alpha value is -1.46. The van der Waals surface area contributed by atoms with Crippen LogP contribution in [0.5, 0.6) is 0 Å². The van der Waals surface area contributed by atoms with Crippen LogP contribution in [0, 0.1) is 0 Å². The minimum Gasteiger partial charge on any atom is -0.356 e. The standard InChI is InChI=1S/C18H26Cl2N4O/c1-3-17(25)24-10-8-15(12-24)23-18(21-2)22-9-4-5-13-6-7-14(19)11-16(13)20/h6-7,11,15H,3-5,8-10,12H2,1-2H3,(H2,21,22,23). The largest absolute Gasteiger partial charge is 0.356 e. The number of likely N-dealkylation sites (tertiary alicyclic amines) is 1. The smallest absolute Gasteiger partial charge is 0.222 e. The van der Waals surface area contributed by atoms with Gasteiger partial charge in [-0.1, -0.05) is 36.2 Å². The Bertz CT molecular complexity index is 621. The maximum absolute atomic E-state index is 11.7. The number of rotatable bonds is 6. The van der Waals surface area contributed by atoms with Gasteiger partial charge in [0.05, 0.1) is 0 Å². The van der Waals surface area contributed by atoms with Gasteiger partial charge in [-0.2, -0.15) is 0 Å². The molecule has 5 nitrogen and oxygen atoms in total. The Morgan fingerprint density at radius 2 is 2.20 bits per heavy atom. The Morgan fingerprint density at radius 1 is 1.40 bits per heavy atom. The summed E-state index contributed by atoms with van der Waals surface area (Å²) >= 11 is 12.1. The molecule has 1 fully saturated rings. The van der Waals surface area contributed by atoms with E-state index in [2.05, 4.69) is 15.6 Å². The van der Waals surface area contributed by atoms with Crippen LogP contribution in [0.3, 0.4) is 0 Å². The molecule has 0 saturated carbocycles. The van der Waals surface area contributed by atoms with Gasteiger partial charge in [0.15, 0.2) is 5.96 Å². The van der Waals surface area contributed by atoms with Gasteiger partial charge in [-0.3, -0.25) is 9.79 Å². The Morgan fingerprint density at radius 3 is 2.88 bits per heavy atom. The summed E-state index contributed by atoms with van der Waals surface area (Å²) in [7, 11) is 1.76. The summed E-state index contributed by atoms with van der Waals surface area (Å²) in [5.74, 6) is 0.991. The second-order valence-corrected chi connectivity index (χ2v) is 7.01. The maximum Gasteiger partial charge on any atom is 0.222 e. The van der Waals surface area contributed by atoms with Crippen molar-refractivity contribution in [1.29, 1.82) is 0 Å². The highest BCUT2D eigenvalue weighted by molar-refractivity contribution is 6.35. The number of halogens is 2. The van der Waals surface area contributed by atoms with Gasteiger partial charge in [-0.25, -0.2) is 0 Å². The van der Waals surface area contributed by atoms with E-state index in [1.165, 1.54) is 0 Å². The third kappa shape index (κ3) is 6.08. The van der Waals surface area contributed by atoms with Crippen LogP contribution in [0.2, 0.25) is 10.0 Å². The first-order valence-corrected chi connectivity index (χ1v) is 9.48. The average molecular weight is 385 g/mol. The van der Waals surface area contributed by atoms with Gasteiger partial charge >= 0.3 is 0 Å². The normalized spacial score (nSPS) is 17.7. The van der Waals surface area contributed by atoms with E-state index in [0.717, 1.165) is 50.4 Å². The molecule has 1 saturated heterocycles. The minimum atomic E-state index is 0.215. The number of guanidine groups is 1. The van der Waals surface area contributed by atoms with Crippen LogP contribution in [-0.4, -0.2) is 49.5 Å². The number of carbonyl (C=O) groups is 1. The van der Waals surface area contributed by atoms with Crippen molar-refractivity contribution in [2.75, 3.05) is 26.7 Å². The van der Waals surface area contributed by atoms with Gasteiger partial charge in [0.2, 0.25) is 5.91 Å². The molecule has 1 heterocycles. The van der Waals surface area contributed by atoms with Gasteiger partial charge in [-0.05, 0) is 37.0 Å². The lowest BCUT2D eigenvalue weighted by Gasteiger charge is -2.18. The Labute approximate surface area is 159 Å². The summed E-state index contributed by atoms with van der Waals surface area (Å²) in [5.41, 5.74) is 1.10. The summed E-state index contributed by atoms with van der Waals surface area (Å²) in [6, 6.07) is 5.86. The number of carbonyl (C=O) groups excluding carboxylic acids is 1. The number of hydrogen-bond acceptors (Lipinski definition) is 2. The van der Waals surface area contributed by atoms with E-state index in [1.807, 2.05) is 24.0 Å². The number of benzene rings is 1. The fourth-order valence-corrected chi connectivity index (χ4v) is 3.43. The fraction of sp³-hybridized carbons (Fsp3) is 0.556. The third-order valence-corrected chi connectivity index (χ3v) is 4.93. The monoisotopic (exact) mass is 384 g/mol. The van der Waals surface area contributed by atoms with E-state index in [1.54, 1.807) is 13.1 Å². The summed E-state index contributed by atoms with van der Waals surface area (Å²) in [4.78, 5) is 17.9. The van der Waals surface area contributed by atoms with Crippen LogP contribution in [0.25, 0.3) is 0 Å². The number of amides is 1. The van der Waals surface area contributed by atoms with Crippen molar-refractivity contribution in [2.45, 2.75) is 38.6 Å². The molecule has 0 bridgehead atoms. The molecule has 0 spiro atoms. The van der Waals surface area contributed by atoms with Crippen molar-refractivity contribution in [3.63, 3.8) is 0 Å². The molecule has 1 aliphatic rings. The van der Waals surface area contributed by atoms with Crippen molar-refractivity contribution >= 4 is 35.1 Å². The molecule has 7 heteroatoms. The molecule has 25 heavy (non-hydrogen) atoms. The lowest BCUT2D eigenvalue weighted by atomic mass is 10.1. The Kier molecular flexibility index (Phi) is 7.85. The van der Waals surface area contributed by atoms with Crippen molar-refractivity contribution in [1.82, 2.24) is 15.5 Å². The highest BCUT2D eigenvalue weighted by Gasteiger charge is 2.25. The summed E-state index contributed by atoms with van der Waals surface area (Å²) < 4.78 is 0. The second-order valence-electron chi connectivity index (χ2n) is 6.16. The highest BCUT2D eigenvalue weighted by atomic mass is 35.5. The number of aryl methyl sites for hydroxylation is 1. The molecule has 0 radical (unpaired) electrons. The van der Waals surface area contributed by atoms with E-state index >= 15 is 0 Å². The SMILES string of the molecule is CCC(=O)N1CCC(NC(=NC)NCCCc2ccc(Cl)cc2Cl)C1. The predicted octanol–water partition coefficient (Wildman–Crippen LogP) is 3.10. The molecule has 0 aliphatic carbocycles. The first-order valence-electron chi connectivity index (χ1n) is 8.72. The molecule has 1 atom stereocenters. The van der Waals surface area contributed by atoms with E-state index in [4.69, 9.17) is 23.2 Å². The molecule has 2 rings (SSSR count). The van der Waals surface area contributed by atoms with E-state index in [-0.39, 0.29) is 11.9 Å². The first-order chi connectivity index (χ1) is 12.0. The lowest BCUT2D eigenvalue weighted by Crippen LogP contribution is -2.45. The molecule has 1 aromatic carbocycles. The lowest BCUT2D eigenvalue weighted by molar-refractivity contribution is -0.129. The summed E-state index contributed by atoms with van der Waals surface area (Å²) in [5, 5.41) is 8.08. The zero-order chi connectivity index (χ0) is 18.2. The van der Waals surface area contributed by atoms with Crippen LogP contribution < -0.4 is 10.6 Å². The molecule has 138 valence electrons. The molecule has 1 aromatic rings. The predicted molar refractivity (Wildman–Crippen MR) is 105 cm³/mol. The highest BCUT2D eigenvalue weighted by Crippen LogP contribution is 2.21. The van der Waals surface area contributed by atoms with E-state index < -0.39 is 0 Å². The second kappa shape index (κ2) is 9.88. The summed E-state index contributed by atoms with van der Waals surface area (Å²) in [6.45, 7) is 4.25. The minimum absolute atomic E-state index is 0.215. The van der Waals surface area contributed by atoms with Gasteiger partial charge in [0.25, 0.3) is 0 Å².